The molecule has 0 bridgehead atoms. The fourth-order valence-corrected chi connectivity index (χ4v) is 2.70. The van der Waals surface area contributed by atoms with Gasteiger partial charge in [-0.3, -0.25) is 0 Å². The highest BCUT2D eigenvalue weighted by Crippen LogP contribution is 2.36. The lowest BCUT2D eigenvalue weighted by molar-refractivity contribution is 0.483. The van der Waals surface area contributed by atoms with Gasteiger partial charge >= 0.3 is 0 Å². The molecule has 0 aliphatic heterocycles. The fourth-order valence-electron chi connectivity index (χ4n) is 2.70. The predicted octanol–water partition coefficient (Wildman–Crippen LogP) is 4.27. The maximum Gasteiger partial charge on any atom is 0.222 e. The molecule has 0 aliphatic carbocycles. The van der Waals surface area contributed by atoms with E-state index in [0.717, 1.165) is 0 Å². The number of nitrogen functional groups attached to an aromatic ring is 2. The first-order chi connectivity index (χ1) is 12.8. The highest BCUT2D eigenvalue weighted by molar-refractivity contribution is 5.77. The van der Waals surface area contributed by atoms with Crippen molar-refractivity contribution in [3.05, 3.63) is 59.7 Å². The maximum atomic E-state index is 9.45. The third kappa shape index (κ3) is 3.82. The smallest absolute Gasteiger partial charge is 0.222 e. The van der Waals surface area contributed by atoms with E-state index in [1.165, 1.54) is 5.56 Å². The Hall–Kier alpha value is -3.59. The van der Waals surface area contributed by atoms with Crippen LogP contribution in [0.15, 0.2) is 48.5 Å². The van der Waals surface area contributed by atoms with Crippen molar-refractivity contribution in [2.45, 2.75) is 26.2 Å². The molecule has 0 fully saturated rings. The summed E-state index contributed by atoms with van der Waals surface area (Å²) in [5, 5.41) is 9.45. The zero-order valence-electron chi connectivity index (χ0n) is 15.5. The molecular formula is C21H21N5O. The largest absolute Gasteiger partial charge is 0.457 e. The lowest BCUT2D eigenvalue weighted by atomic mass is 9.87. The summed E-state index contributed by atoms with van der Waals surface area (Å²) >= 11 is 0. The van der Waals surface area contributed by atoms with Gasteiger partial charge in [0.15, 0.2) is 0 Å². The average molecular weight is 359 g/mol. The van der Waals surface area contributed by atoms with Gasteiger partial charge in [-0.15, -0.1) is 0 Å². The van der Waals surface area contributed by atoms with Crippen LogP contribution in [0.3, 0.4) is 0 Å². The zero-order chi connectivity index (χ0) is 19.6. The molecule has 0 saturated heterocycles. The molecule has 0 aliphatic rings. The first-order valence-corrected chi connectivity index (χ1v) is 8.50. The molecule has 0 spiro atoms. The van der Waals surface area contributed by atoms with Crippen LogP contribution in [0.1, 0.15) is 31.9 Å². The van der Waals surface area contributed by atoms with E-state index < -0.39 is 0 Å². The van der Waals surface area contributed by atoms with Crippen LogP contribution in [0.5, 0.6) is 11.5 Å². The monoisotopic (exact) mass is 359 g/mol. The van der Waals surface area contributed by atoms with Crippen LogP contribution >= 0.6 is 0 Å². The van der Waals surface area contributed by atoms with Gasteiger partial charge in [0.2, 0.25) is 5.95 Å². The van der Waals surface area contributed by atoms with Crippen molar-refractivity contribution in [3.63, 3.8) is 0 Å². The van der Waals surface area contributed by atoms with Crippen LogP contribution in [0, 0.1) is 11.3 Å². The molecule has 0 unspecified atom stereocenters. The molecule has 3 rings (SSSR count). The summed E-state index contributed by atoms with van der Waals surface area (Å²) in [4.78, 5) is 8.07. The minimum absolute atomic E-state index is 0.00540. The Balaban J connectivity index is 2.03. The van der Waals surface area contributed by atoms with E-state index in [2.05, 4.69) is 30.7 Å². The second-order valence-electron chi connectivity index (χ2n) is 7.18. The highest BCUT2D eigenvalue weighted by atomic mass is 16.5. The highest BCUT2D eigenvalue weighted by Gasteiger charge is 2.18. The third-order valence-electron chi connectivity index (χ3n) is 4.16. The molecular weight excluding hydrogens is 338 g/mol. The quantitative estimate of drug-likeness (QED) is 0.722. The van der Waals surface area contributed by atoms with Crippen molar-refractivity contribution in [2.24, 2.45) is 0 Å². The molecule has 27 heavy (non-hydrogen) atoms. The van der Waals surface area contributed by atoms with Gasteiger partial charge in [-0.2, -0.15) is 10.2 Å². The van der Waals surface area contributed by atoms with Crippen LogP contribution in [0.25, 0.3) is 11.3 Å². The lowest BCUT2D eigenvalue weighted by Crippen LogP contribution is -2.10. The predicted molar refractivity (Wildman–Crippen MR) is 106 cm³/mol. The lowest BCUT2D eigenvalue weighted by Gasteiger charge is -2.19. The number of para-hydroxylation sites is 1. The van der Waals surface area contributed by atoms with E-state index >= 15 is 0 Å². The van der Waals surface area contributed by atoms with Crippen molar-refractivity contribution in [1.29, 1.82) is 5.26 Å². The van der Waals surface area contributed by atoms with Gasteiger partial charge in [-0.1, -0.05) is 45.0 Å². The van der Waals surface area contributed by atoms with Crippen LogP contribution in [-0.2, 0) is 5.41 Å². The van der Waals surface area contributed by atoms with Crippen LogP contribution in [0.2, 0.25) is 0 Å². The summed E-state index contributed by atoms with van der Waals surface area (Å²) in [6.07, 6.45) is 0. The Morgan fingerprint density at radius 2 is 1.63 bits per heavy atom. The van der Waals surface area contributed by atoms with Crippen LogP contribution in [0.4, 0.5) is 11.8 Å². The van der Waals surface area contributed by atoms with E-state index in [-0.39, 0.29) is 22.7 Å². The van der Waals surface area contributed by atoms with Gasteiger partial charge in [-0.25, -0.2) is 4.98 Å². The second kappa shape index (κ2) is 6.96. The van der Waals surface area contributed by atoms with E-state index in [1.54, 1.807) is 6.07 Å². The SMILES string of the molecule is CC(C)(C)c1ccc(Oc2ccccc2-c2nc(N)nc(N)c2C#N)cc1. The Bertz CT molecular complexity index is 1010. The zero-order valence-corrected chi connectivity index (χ0v) is 15.5. The van der Waals surface area contributed by atoms with Crippen molar-refractivity contribution < 1.29 is 4.74 Å². The minimum Gasteiger partial charge on any atom is -0.457 e. The van der Waals surface area contributed by atoms with E-state index in [1.807, 2.05) is 48.5 Å². The summed E-state index contributed by atoms with van der Waals surface area (Å²) in [7, 11) is 0. The Kier molecular flexibility index (Phi) is 4.70. The van der Waals surface area contributed by atoms with E-state index in [4.69, 9.17) is 16.2 Å². The molecule has 6 nitrogen and oxygen atoms in total. The van der Waals surface area contributed by atoms with Gasteiger partial charge in [0.05, 0.1) is 5.69 Å². The maximum absolute atomic E-state index is 9.45. The van der Waals surface area contributed by atoms with Gasteiger partial charge in [-0.05, 0) is 35.2 Å². The van der Waals surface area contributed by atoms with Crippen molar-refractivity contribution in [3.8, 4) is 28.8 Å². The summed E-state index contributed by atoms with van der Waals surface area (Å²) in [5.41, 5.74) is 14.0. The Labute approximate surface area is 158 Å². The molecule has 2 aromatic carbocycles. The third-order valence-corrected chi connectivity index (χ3v) is 4.16. The Morgan fingerprint density at radius 1 is 0.963 bits per heavy atom. The minimum atomic E-state index is 0.00540. The van der Waals surface area contributed by atoms with E-state index in [9.17, 15) is 5.26 Å². The standard InChI is InChI=1S/C21H21N5O/c1-21(2,3)13-8-10-14(11-9-13)27-17-7-5-4-6-15(17)18-16(12-22)19(23)26-20(24)25-18/h4-11H,1-3H3,(H4,23,24,25,26). The van der Waals surface area contributed by atoms with E-state index in [0.29, 0.717) is 22.8 Å². The van der Waals surface area contributed by atoms with Crippen LogP contribution in [-0.4, -0.2) is 9.97 Å². The van der Waals surface area contributed by atoms with Crippen molar-refractivity contribution in [2.75, 3.05) is 11.5 Å². The first kappa shape index (κ1) is 18.2. The van der Waals surface area contributed by atoms with Crippen molar-refractivity contribution in [1.82, 2.24) is 9.97 Å². The molecule has 1 aromatic heterocycles. The first-order valence-electron chi connectivity index (χ1n) is 8.50. The number of benzene rings is 2. The molecule has 0 amide bonds. The number of nitrogens with two attached hydrogens (primary N) is 2. The van der Waals surface area contributed by atoms with Gasteiger partial charge in [0.25, 0.3) is 0 Å². The summed E-state index contributed by atoms with van der Waals surface area (Å²) in [6, 6.07) is 17.3. The number of nitrogens with zero attached hydrogens (tertiary/aromatic N) is 3. The molecule has 4 N–H and O–H groups in total. The normalized spacial score (nSPS) is 11.0. The number of hydrogen-bond donors (Lipinski definition) is 2. The number of nitriles is 1. The Morgan fingerprint density at radius 3 is 2.26 bits per heavy atom. The number of rotatable bonds is 3. The van der Waals surface area contributed by atoms with Crippen LogP contribution < -0.4 is 16.2 Å². The summed E-state index contributed by atoms with van der Waals surface area (Å²) in [5.74, 6) is 1.29. The number of hydrogen-bond acceptors (Lipinski definition) is 6. The van der Waals surface area contributed by atoms with Gasteiger partial charge < -0.3 is 16.2 Å². The molecule has 0 saturated carbocycles. The molecule has 6 heteroatoms. The molecule has 1 heterocycles. The molecule has 3 aromatic rings. The number of aromatic nitrogens is 2. The molecule has 136 valence electrons. The second-order valence-corrected chi connectivity index (χ2v) is 7.18. The van der Waals surface area contributed by atoms with Gasteiger partial charge in [0.1, 0.15) is 28.9 Å². The summed E-state index contributed by atoms with van der Waals surface area (Å²) < 4.78 is 6.06. The number of anilines is 2. The fraction of sp³-hybridized carbons (Fsp3) is 0.190. The van der Waals surface area contributed by atoms with Gasteiger partial charge in [0, 0.05) is 5.56 Å². The average Bonchev–Trinajstić information content (AvgIpc) is 2.61. The summed E-state index contributed by atoms with van der Waals surface area (Å²) in [6.45, 7) is 6.47. The molecule has 0 atom stereocenters. The topological polar surface area (TPSA) is 111 Å². The van der Waals surface area contributed by atoms with Crippen molar-refractivity contribution >= 4 is 11.8 Å². The number of ether oxygens (including phenoxy) is 1. The molecule has 0 radical (unpaired) electrons.